The lowest BCUT2D eigenvalue weighted by Gasteiger charge is -2.32. The number of aryl methyl sites for hydroxylation is 2. The topological polar surface area (TPSA) is 35.5 Å². The predicted molar refractivity (Wildman–Crippen MR) is 84.0 cm³/mol. The van der Waals surface area contributed by atoms with Crippen LogP contribution < -0.4 is 5.32 Å². The van der Waals surface area contributed by atoms with Crippen LogP contribution in [0.5, 0.6) is 0 Å². The lowest BCUT2D eigenvalue weighted by atomic mass is 9.98. The van der Waals surface area contributed by atoms with Crippen LogP contribution >= 0.6 is 0 Å². The highest BCUT2D eigenvalue weighted by Crippen LogP contribution is 2.25. The Morgan fingerprint density at radius 2 is 2.20 bits per heavy atom. The molecule has 1 heterocycles. The fourth-order valence-corrected chi connectivity index (χ4v) is 3.17. The summed E-state index contributed by atoms with van der Waals surface area (Å²) in [5.41, 5.74) is 4.03. The van der Waals surface area contributed by atoms with Gasteiger partial charge in [-0.15, -0.1) is 0 Å². The molecule has 0 radical (unpaired) electrons. The molecule has 2 unspecified atom stereocenters. The van der Waals surface area contributed by atoms with E-state index in [0.717, 1.165) is 19.6 Å². The van der Waals surface area contributed by atoms with Crippen LogP contribution in [0.1, 0.15) is 42.5 Å². The highest BCUT2D eigenvalue weighted by atomic mass is 16.3. The Labute approximate surface area is 123 Å². The van der Waals surface area contributed by atoms with Crippen molar-refractivity contribution in [2.24, 2.45) is 0 Å². The molecular formula is C17H28N2O. The van der Waals surface area contributed by atoms with Gasteiger partial charge in [0.05, 0.1) is 6.61 Å². The van der Waals surface area contributed by atoms with Crippen LogP contribution in [0.15, 0.2) is 18.2 Å². The van der Waals surface area contributed by atoms with Crippen LogP contribution in [-0.4, -0.2) is 42.3 Å². The minimum absolute atomic E-state index is 0.224. The van der Waals surface area contributed by atoms with Crippen molar-refractivity contribution in [1.82, 2.24) is 10.2 Å². The normalized spacial score (nSPS) is 20.6. The number of aliphatic hydroxyl groups excluding tert-OH is 1. The van der Waals surface area contributed by atoms with Crippen molar-refractivity contribution in [3.63, 3.8) is 0 Å². The first-order valence-corrected chi connectivity index (χ1v) is 7.77. The summed E-state index contributed by atoms with van der Waals surface area (Å²) in [6, 6.07) is 7.58. The average Bonchev–Trinajstić information content (AvgIpc) is 2.93. The van der Waals surface area contributed by atoms with E-state index in [0.29, 0.717) is 12.1 Å². The molecule has 1 aromatic carbocycles. The molecule has 112 valence electrons. The molecule has 0 bridgehead atoms. The van der Waals surface area contributed by atoms with Gasteiger partial charge in [0.25, 0.3) is 0 Å². The summed E-state index contributed by atoms with van der Waals surface area (Å²) in [6.45, 7) is 9.70. The van der Waals surface area contributed by atoms with Gasteiger partial charge in [-0.25, -0.2) is 0 Å². The van der Waals surface area contributed by atoms with E-state index in [2.05, 4.69) is 49.2 Å². The molecule has 1 saturated heterocycles. The van der Waals surface area contributed by atoms with Gasteiger partial charge in [-0.05, 0) is 51.3 Å². The molecule has 2 atom stereocenters. The second-order valence-electron chi connectivity index (χ2n) is 6.05. The van der Waals surface area contributed by atoms with E-state index in [9.17, 15) is 5.11 Å². The number of hydrogen-bond donors (Lipinski definition) is 2. The van der Waals surface area contributed by atoms with Crippen LogP contribution in [-0.2, 0) is 0 Å². The molecule has 1 aliphatic heterocycles. The average molecular weight is 276 g/mol. The zero-order valence-electron chi connectivity index (χ0n) is 13.0. The molecular weight excluding hydrogens is 248 g/mol. The van der Waals surface area contributed by atoms with Gasteiger partial charge < -0.3 is 10.4 Å². The van der Waals surface area contributed by atoms with Crippen LogP contribution in [0.2, 0.25) is 0 Å². The molecule has 0 spiro atoms. The van der Waals surface area contributed by atoms with Gasteiger partial charge >= 0.3 is 0 Å². The van der Waals surface area contributed by atoms with Crippen molar-refractivity contribution in [1.29, 1.82) is 0 Å². The minimum atomic E-state index is 0.224. The molecule has 2 N–H and O–H groups in total. The summed E-state index contributed by atoms with van der Waals surface area (Å²) in [5, 5.41) is 12.9. The van der Waals surface area contributed by atoms with Crippen molar-refractivity contribution in [2.75, 3.05) is 26.2 Å². The minimum Gasteiger partial charge on any atom is -0.395 e. The summed E-state index contributed by atoms with van der Waals surface area (Å²) in [5.74, 6) is 0. The van der Waals surface area contributed by atoms with Crippen molar-refractivity contribution in [2.45, 2.75) is 45.7 Å². The Morgan fingerprint density at radius 1 is 1.40 bits per heavy atom. The lowest BCUT2D eigenvalue weighted by molar-refractivity contribution is 0.147. The Kier molecular flexibility index (Phi) is 5.58. The molecule has 2 rings (SSSR count). The molecule has 3 heteroatoms. The van der Waals surface area contributed by atoms with Gasteiger partial charge in [0.15, 0.2) is 0 Å². The summed E-state index contributed by atoms with van der Waals surface area (Å²) in [7, 11) is 0. The van der Waals surface area contributed by atoms with E-state index in [4.69, 9.17) is 0 Å². The largest absolute Gasteiger partial charge is 0.395 e. The van der Waals surface area contributed by atoms with Crippen LogP contribution in [0.4, 0.5) is 0 Å². The fraction of sp³-hybridized carbons (Fsp3) is 0.647. The number of hydrogen-bond acceptors (Lipinski definition) is 3. The van der Waals surface area contributed by atoms with Crippen LogP contribution in [0.3, 0.4) is 0 Å². The first-order valence-electron chi connectivity index (χ1n) is 7.77. The van der Waals surface area contributed by atoms with Gasteiger partial charge in [0.1, 0.15) is 0 Å². The molecule has 0 aliphatic carbocycles. The number of nitrogens with zero attached hydrogens (tertiary/aromatic N) is 1. The SMILES string of the molecule is Cc1ccc(C)c(C(C)N(CCO)CC2CCCN2)c1. The summed E-state index contributed by atoms with van der Waals surface area (Å²) >= 11 is 0. The number of benzene rings is 1. The molecule has 3 nitrogen and oxygen atoms in total. The van der Waals surface area contributed by atoms with E-state index < -0.39 is 0 Å². The maximum Gasteiger partial charge on any atom is 0.0558 e. The van der Waals surface area contributed by atoms with Gasteiger partial charge in [-0.2, -0.15) is 0 Å². The van der Waals surface area contributed by atoms with Crippen molar-refractivity contribution in [3.05, 3.63) is 34.9 Å². The van der Waals surface area contributed by atoms with E-state index in [-0.39, 0.29) is 6.61 Å². The zero-order chi connectivity index (χ0) is 14.5. The molecule has 0 amide bonds. The maximum atomic E-state index is 9.37. The Hall–Kier alpha value is -0.900. The molecule has 20 heavy (non-hydrogen) atoms. The first-order chi connectivity index (χ1) is 9.61. The van der Waals surface area contributed by atoms with Gasteiger partial charge in [-0.1, -0.05) is 23.8 Å². The van der Waals surface area contributed by atoms with E-state index >= 15 is 0 Å². The third-order valence-electron chi connectivity index (χ3n) is 4.44. The Balaban J connectivity index is 2.12. The molecule has 0 saturated carbocycles. The molecule has 0 aromatic heterocycles. The quantitative estimate of drug-likeness (QED) is 0.837. The van der Waals surface area contributed by atoms with Gasteiger partial charge in [0.2, 0.25) is 0 Å². The molecule has 1 aliphatic rings. The van der Waals surface area contributed by atoms with Crippen molar-refractivity contribution >= 4 is 0 Å². The molecule has 1 aromatic rings. The summed E-state index contributed by atoms with van der Waals surface area (Å²) < 4.78 is 0. The first kappa shape index (κ1) is 15.5. The van der Waals surface area contributed by atoms with Gasteiger partial charge in [0, 0.05) is 25.2 Å². The molecule has 1 fully saturated rings. The highest BCUT2D eigenvalue weighted by molar-refractivity contribution is 5.32. The summed E-state index contributed by atoms with van der Waals surface area (Å²) in [4.78, 5) is 2.41. The van der Waals surface area contributed by atoms with Crippen molar-refractivity contribution in [3.8, 4) is 0 Å². The van der Waals surface area contributed by atoms with Crippen LogP contribution in [0, 0.1) is 13.8 Å². The fourth-order valence-electron chi connectivity index (χ4n) is 3.17. The van der Waals surface area contributed by atoms with Crippen LogP contribution in [0.25, 0.3) is 0 Å². The van der Waals surface area contributed by atoms with E-state index in [1.54, 1.807) is 0 Å². The zero-order valence-corrected chi connectivity index (χ0v) is 13.0. The number of nitrogens with one attached hydrogen (secondary N) is 1. The highest BCUT2D eigenvalue weighted by Gasteiger charge is 2.22. The third kappa shape index (κ3) is 3.81. The Morgan fingerprint density at radius 3 is 2.85 bits per heavy atom. The van der Waals surface area contributed by atoms with Gasteiger partial charge in [-0.3, -0.25) is 4.90 Å². The Bertz CT molecular complexity index is 427. The van der Waals surface area contributed by atoms with E-state index in [1.807, 2.05) is 0 Å². The predicted octanol–water partition coefficient (Wildman–Crippen LogP) is 2.41. The number of rotatable bonds is 6. The lowest BCUT2D eigenvalue weighted by Crippen LogP contribution is -2.40. The second kappa shape index (κ2) is 7.21. The van der Waals surface area contributed by atoms with Crippen molar-refractivity contribution < 1.29 is 5.11 Å². The van der Waals surface area contributed by atoms with E-state index in [1.165, 1.54) is 29.5 Å². The third-order valence-corrected chi connectivity index (χ3v) is 4.44. The summed E-state index contributed by atoms with van der Waals surface area (Å²) in [6.07, 6.45) is 2.52. The number of aliphatic hydroxyl groups is 1. The maximum absolute atomic E-state index is 9.37. The monoisotopic (exact) mass is 276 g/mol. The second-order valence-corrected chi connectivity index (χ2v) is 6.05. The standard InChI is InChI=1S/C17H28N2O/c1-13-6-7-14(2)17(11-13)15(3)19(9-10-20)12-16-5-4-8-18-16/h6-7,11,15-16,18,20H,4-5,8-10,12H2,1-3H3. The smallest absolute Gasteiger partial charge is 0.0558 e.